The molecule has 0 saturated heterocycles. The maximum atomic E-state index is 5.85. The van der Waals surface area contributed by atoms with Crippen LogP contribution in [0, 0.1) is 13.8 Å². The second-order valence-electron chi connectivity index (χ2n) is 3.10. The first-order chi connectivity index (χ1) is 6.70. The standard InChI is InChI=1S/C10H9ClN2O/c1-6-7(2)10(11)13-12-9(6)8-3-4-14-5-8/h3-5H,1-2H3. The van der Waals surface area contributed by atoms with Gasteiger partial charge in [0, 0.05) is 5.56 Å². The van der Waals surface area contributed by atoms with Gasteiger partial charge >= 0.3 is 0 Å². The Balaban J connectivity index is 2.61. The van der Waals surface area contributed by atoms with Gasteiger partial charge in [-0.3, -0.25) is 0 Å². The van der Waals surface area contributed by atoms with Gasteiger partial charge in [-0.25, -0.2) is 0 Å². The molecule has 0 aliphatic heterocycles. The molecule has 2 rings (SSSR count). The van der Waals surface area contributed by atoms with Crippen molar-refractivity contribution in [1.29, 1.82) is 0 Å². The first-order valence-corrected chi connectivity index (χ1v) is 4.60. The first-order valence-electron chi connectivity index (χ1n) is 4.22. The molecule has 72 valence electrons. The van der Waals surface area contributed by atoms with E-state index in [-0.39, 0.29) is 0 Å². The van der Waals surface area contributed by atoms with E-state index in [1.54, 1.807) is 12.5 Å². The molecule has 0 unspecified atom stereocenters. The summed E-state index contributed by atoms with van der Waals surface area (Å²) in [5, 5.41) is 8.36. The van der Waals surface area contributed by atoms with E-state index >= 15 is 0 Å². The molecule has 0 aromatic carbocycles. The molecule has 0 N–H and O–H groups in total. The molecule has 3 nitrogen and oxygen atoms in total. The molecule has 0 radical (unpaired) electrons. The highest BCUT2D eigenvalue weighted by molar-refractivity contribution is 6.30. The average Bonchev–Trinajstić information content (AvgIpc) is 2.67. The lowest BCUT2D eigenvalue weighted by Crippen LogP contribution is -1.95. The van der Waals surface area contributed by atoms with Gasteiger partial charge in [-0.15, -0.1) is 10.2 Å². The number of aromatic nitrogens is 2. The minimum Gasteiger partial charge on any atom is -0.472 e. The van der Waals surface area contributed by atoms with E-state index in [1.165, 1.54) is 0 Å². The van der Waals surface area contributed by atoms with Gasteiger partial charge in [0.25, 0.3) is 0 Å². The highest BCUT2D eigenvalue weighted by Crippen LogP contribution is 2.25. The third-order valence-electron chi connectivity index (χ3n) is 2.26. The van der Waals surface area contributed by atoms with Gasteiger partial charge in [0.1, 0.15) is 0 Å². The van der Waals surface area contributed by atoms with Crippen molar-refractivity contribution in [1.82, 2.24) is 10.2 Å². The van der Waals surface area contributed by atoms with E-state index in [9.17, 15) is 0 Å². The molecule has 0 spiro atoms. The Hall–Kier alpha value is -1.35. The summed E-state index contributed by atoms with van der Waals surface area (Å²) in [4.78, 5) is 0. The largest absolute Gasteiger partial charge is 0.472 e. The van der Waals surface area contributed by atoms with E-state index < -0.39 is 0 Å². The van der Waals surface area contributed by atoms with Gasteiger partial charge < -0.3 is 4.42 Å². The predicted octanol–water partition coefficient (Wildman–Crippen LogP) is 3.01. The Morgan fingerprint density at radius 3 is 2.64 bits per heavy atom. The van der Waals surface area contributed by atoms with Crippen LogP contribution in [0.4, 0.5) is 0 Å². The zero-order valence-corrected chi connectivity index (χ0v) is 8.67. The van der Waals surface area contributed by atoms with Crippen molar-refractivity contribution in [3.05, 3.63) is 34.9 Å². The van der Waals surface area contributed by atoms with Crippen molar-refractivity contribution in [3.8, 4) is 11.3 Å². The van der Waals surface area contributed by atoms with Gasteiger partial charge in [-0.1, -0.05) is 11.6 Å². The van der Waals surface area contributed by atoms with Crippen LogP contribution in [0.25, 0.3) is 11.3 Å². The molecular weight excluding hydrogens is 200 g/mol. The molecule has 2 aromatic rings. The maximum absolute atomic E-state index is 5.85. The van der Waals surface area contributed by atoms with E-state index in [2.05, 4.69) is 10.2 Å². The molecule has 0 amide bonds. The smallest absolute Gasteiger partial charge is 0.154 e. The van der Waals surface area contributed by atoms with Crippen LogP contribution in [0.1, 0.15) is 11.1 Å². The highest BCUT2D eigenvalue weighted by Gasteiger charge is 2.10. The lowest BCUT2D eigenvalue weighted by atomic mass is 10.1. The van der Waals surface area contributed by atoms with Crippen LogP contribution >= 0.6 is 11.6 Å². The number of rotatable bonds is 1. The topological polar surface area (TPSA) is 38.9 Å². The lowest BCUT2D eigenvalue weighted by molar-refractivity contribution is 0.568. The minimum atomic E-state index is 0.453. The number of hydrogen-bond donors (Lipinski definition) is 0. The second-order valence-corrected chi connectivity index (χ2v) is 3.46. The molecule has 0 fully saturated rings. The molecule has 0 atom stereocenters. The molecule has 2 heterocycles. The quantitative estimate of drug-likeness (QED) is 0.723. The monoisotopic (exact) mass is 208 g/mol. The summed E-state index contributed by atoms with van der Waals surface area (Å²) in [5.74, 6) is 0. The third-order valence-corrected chi connectivity index (χ3v) is 2.62. The van der Waals surface area contributed by atoms with Crippen LogP contribution in [-0.4, -0.2) is 10.2 Å². The Bertz CT molecular complexity index is 451. The molecule has 0 aliphatic carbocycles. The Morgan fingerprint density at radius 1 is 1.21 bits per heavy atom. The maximum Gasteiger partial charge on any atom is 0.154 e. The summed E-state index contributed by atoms with van der Waals surface area (Å²) in [6.45, 7) is 3.90. The van der Waals surface area contributed by atoms with Crippen LogP contribution in [0.15, 0.2) is 23.0 Å². The summed E-state index contributed by atoms with van der Waals surface area (Å²) in [7, 11) is 0. The number of nitrogens with zero attached hydrogens (tertiary/aromatic N) is 2. The fraction of sp³-hybridized carbons (Fsp3) is 0.200. The van der Waals surface area contributed by atoms with Crippen LogP contribution < -0.4 is 0 Å². The van der Waals surface area contributed by atoms with Crippen molar-refractivity contribution < 1.29 is 4.42 Å². The van der Waals surface area contributed by atoms with E-state index in [4.69, 9.17) is 16.0 Å². The molecular formula is C10H9ClN2O. The van der Waals surface area contributed by atoms with Gasteiger partial charge in [0.15, 0.2) is 5.15 Å². The molecule has 2 aromatic heterocycles. The Labute approximate surface area is 86.7 Å². The van der Waals surface area contributed by atoms with E-state index in [0.29, 0.717) is 5.15 Å². The van der Waals surface area contributed by atoms with Gasteiger partial charge in [0.05, 0.1) is 18.2 Å². The summed E-state index contributed by atoms with van der Waals surface area (Å²) < 4.78 is 4.99. The Kier molecular flexibility index (Phi) is 2.25. The molecule has 0 aliphatic rings. The van der Waals surface area contributed by atoms with Crippen molar-refractivity contribution in [3.63, 3.8) is 0 Å². The van der Waals surface area contributed by atoms with Crippen molar-refractivity contribution in [2.75, 3.05) is 0 Å². The zero-order chi connectivity index (χ0) is 10.1. The second kappa shape index (κ2) is 3.42. The molecule has 0 saturated carbocycles. The fourth-order valence-electron chi connectivity index (χ4n) is 1.25. The van der Waals surface area contributed by atoms with Crippen LogP contribution in [-0.2, 0) is 0 Å². The predicted molar refractivity (Wildman–Crippen MR) is 54.2 cm³/mol. The van der Waals surface area contributed by atoms with E-state index in [1.807, 2.05) is 19.9 Å². The summed E-state index contributed by atoms with van der Waals surface area (Å²) in [6, 6.07) is 1.85. The average molecular weight is 209 g/mol. The van der Waals surface area contributed by atoms with Crippen molar-refractivity contribution in [2.45, 2.75) is 13.8 Å². The summed E-state index contributed by atoms with van der Waals surface area (Å²) in [5.41, 5.74) is 3.74. The van der Waals surface area contributed by atoms with Gasteiger partial charge in [-0.05, 0) is 31.0 Å². The first kappa shape index (κ1) is 9.21. The van der Waals surface area contributed by atoms with Gasteiger partial charge in [0.2, 0.25) is 0 Å². The van der Waals surface area contributed by atoms with E-state index in [0.717, 1.165) is 22.4 Å². The zero-order valence-electron chi connectivity index (χ0n) is 7.91. The Morgan fingerprint density at radius 2 is 2.00 bits per heavy atom. The molecule has 0 bridgehead atoms. The van der Waals surface area contributed by atoms with Crippen LogP contribution in [0.5, 0.6) is 0 Å². The summed E-state index contributed by atoms with van der Waals surface area (Å²) >= 11 is 5.85. The fourth-order valence-corrected chi connectivity index (χ4v) is 1.43. The SMILES string of the molecule is Cc1c(Cl)nnc(-c2ccoc2)c1C. The lowest BCUT2D eigenvalue weighted by Gasteiger charge is -2.05. The number of hydrogen-bond acceptors (Lipinski definition) is 3. The normalized spacial score (nSPS) is 10.5. The molecule has 14 heavy (non-hydrogen) atoms. The minimum absolute atomic E-state index is 0.453. The third kappa shape index (κ3) is 1.40. The molecule has 4 heteroatoms. The van der Waals surface area contributed by atoms with Crippen molar-refractivity contribution in [2.24, 2.45) is 0 Å². The number of halogens is 1. The van der Waals surface area contributed by atoms with Gasteiger partial charge in [-0.2, -0.15) is 0 Å². The highest BCUT2D eigenvalue weighted by atomic mass is 35.5. The number of furan rings is 1. The van der Waals surface area contributed by atoms with Crippen LogP contribution in [0.3, 0.4) is 0 Å². The van der Waals surface area contributed by atoms with Crippen molar-refractivity contribution >= 4 is 11.6 Å². The summed E-state index contributed by atoms with van der Waals surface area (Å²) in [6.07, 6.45) is 3.25. The van der Waals surface area contributed by atoms with Crippen LogP contribution in [0.2, 0.25) is 5.15 Å².